The number of carbonyl (C=O) groups excluding carboxylic acids is 1. The Kier molecular flexibility index (Phi) is 6.61. The van der Waals surface area contributed by atoms with Crippen LogP contribution < -0.4 is 14.8 Å². The van der Waals surface area contributed by atoms with Gasteiger partial charge in [-0.2, -0.15) is 5.26 Å². The average molecular weight is 363 g/mol. The molecular weight excluding hydrogens is 347 g/mol. The van der Waals surface area contributed by atoms with Gasteiger partial charge in [0.15, 0.2) is 11.5 Å². The first kappa shape index (κ1) is 18.6. The maximum atomic E-state index is 13.1. The van der Waals surface area contributed by atoms with Crippen molar-refractivity contribution in [3.05, 3.63) is 52.8 Å². The molecular formula is C18H16ClFN2O3. The average Bonchev–Trinajstić information content (AvgIpc) is 2.62. The second-order valence-electron chi connectivity index (χ2n) is 5.11. The van der Waals surface area contributed by atoms with Gasteiger partial charge in [-0.3, -0.25) is 4.79 Å². The van der Waals surface area contributed by atoms with E-state index in [1.54, 1.807) is 18.2 Å². The molecule has 0 aliphatic heterocycles. The van der Waals surface area contributed by atoms with E-state index in [4.69, 9.17) is 26.3 Å². The van der Waals surface area contributed by atoms with Crippen molar-refractivity contribution in [3.63, 3.8) is 0 Å². The lowest BCUT2D eigenvalue weighted by Crippen LogP contribution is -2.13. The van der Waals surface area contributed by atoms with E-state index in [0.29, 0.717) is 35.8 Å². The zero-order valence-corrected chi connectivity index (χ0v) is 14.3. The van der Waals surface area contributed by atoms with E-state index in [0.717, 1.165) is 0 Å². The molecule has 0 aliphatic carbocycles. The molecule has 0 saturated carbocycles. The Morgan fingerprint density at radius 3 is 2.76 bits per heavy atom. The van der Waals surface area contributed by atoms with Crippen LogP contribution in [0.3, 0.4) is 0 Å². The van der Waals surface area contributed by atoms with Crippen LogP contribution in [0.1, 0.15) is 18.4 Å². The summed E-state index contributed by atoms with van der Waals surface area (Å²) in [4.78, 5) is 11.9. The first-order chi connectivity index (χ1) is 12.0. The molecule has 1 amide bonds. The molecule has 0 aliphatic rings. The Morgan fingerprint density at radius 1 is 1.28 bits per heavy atom. The summed E-state index contributed by atoms with van der Waals surface area (Å²) in [7, 11) is 1.49. The molecule has 2 aromatic carbocycles. The Hall–Kier alpha value is -2.78. The van der Waals surface area contributed by atoms with Crippen LogP contribution in [0.2, 0.25) is 5.02 Å². The van der Waals surface area contributed by atoms with Crippen molar-refractivity contribution in [1.29, 1.82) is 5.26 Å². The highest BCUT2D eigenvalue weighted by molar-refractivity contribution is 6.31. The normalized spacial score (nSPS) is 10.0. The second-order valence-corrected chi connectivity index (χ2v) is 5.51. The van der Waals surface area contributed by atoms with Crippen molar-refractivity contribution in [2.45, 2.75) is 12.8 Å². The lowest BCUT2D eigenvalue weighted by atomic mass is 10.2. The standard InChI is InChI=1S/C18H16ClFN2O3/c1-24-17-9-12(11-21)4-7-16(17)25-8-2-3-18(23)22-13-5-6-15(20)14(19)10-13/h4-7,9-10H,2-3,8H2,1H3,(H,22,23). The molecule has 0 bridgehead atoms. The van der Waals surface area contributed by atoms with Crippen molar-refractivity contribution in [2.24, 2.45) is 0 Å². The molecule has 1 N–H and O–H groups in total. The summed E-state index contributed by atoms with van der Waals surface area (Å²) in [6.45, 7) is 0.305. The minimum absolute atomic E-state index is 0.0472. The summed E-state index contributed by atoms with van der Waals surface area (Å²) >= 11 is 5.66. The van der Waals surface area contributed by atoms with Crippen LogP contribution >= 0.6 is 11.6 Å². The fraction of sp³-hybridized carbons (Fsp3) is 0.222. The summed E-state index contributed by atoms with van der Waals surface area (Å²) < 4.78 is 23.8. The number of nitriles is 1. The van der Waals surface area contributed by atoms with Gasteiger partial charge in [-0.25, -0.2) is 4.39 Å². The molecule has 7 heteroatoms. The maximum absolute atomic E-state index is 13.1. The molecule has 0 atom stereocenters. The number of hydrogen-bond acceptors (Lipinski definition) is 4. The molecule has 0 heterocycles. The number of hydrogen-bond donors (Lipinski definition) is 1. The highest BCUT2D eigenvalue weighted by atomic mass is 35.5. The molecule has 0 saturated heterocycles. The highest BCUT2D eigenvalue weighted by Gasteiger charge is 2.08. The largest absolute Gasteiger partial charge is 0.493 e. The monoisotopic (exact) mass is 362 g/mol. The molecule has 5 nitrogen and oxygen atoms in total. The number of carbonyl (C=O) groups is 1. The first-order valence-electron chi connectivity index (χ1n) is 7.49. The predicted molar refractivity (Wildman–Crippen MR) is 92.5 cm³/mol. The van der Waals surface area contributed by atoms with E-state index in [9.17, 15) is 9.18 Å². The fourth-order valence-corrected chi connectivity index (χ4v) is 2.25. The maximum Gasteiger partial charge on any atom is 0.224 e. The van der Waals surface area contributed by atoms with Crippen molar-refractivity contribution < 1.29 is 18.7 Å². The molecule has 130 valence electrons. The number of rotatable bonds is 7. The van der Waals surface area contributed by atoms with Gasteiger partial charge in [-0.1, -0.05) is 11.6 Å². The Morgan fingerprint density at radius 2 is 2.08 bits per heavy atom. The number of nitrogens with one attached hydrogen (secondary N) is 1. The van der Waals surface area contributed by atoms with Gasteiger partial charge in [0, 0.05) is 18.2 Å². The Bertz CT molecular complexity index is 805. The molecule has 2 rings (SSSR count). The van der Waals surface area contributed by atoms with Gasteiger partial charge in [0.1, 0.15) is 5.82 Å². The molecule has 25 heavy (non-hydrogen) atoms. The van der Waals surface area contributed by atoms with E-state index < -0.39 is 5.82 Å². The second kappa shape index (κ2) is 8.90. The van der Waals surface area contributed by atoms with Gasteiger partial charge in [0.2, 0.25) is 5.91 Å². The topological polar surface area (TPSA) is 71.3 Å². The quantitative estimate of drug-likeness (QED) is 0.751. The van der Waals surface area contributed by atoms with E-state index in [1.165, 1.54) is 25.3 Å². The number of nitrogens with zero attached hydrogens (tertiary/aromatic N) is 1. The highest BCUT2D eigenvalue weighted by Crippen LogP contribution is 2.28. The van der Waals surface area contributed by atoms with Gasteiger partial charge in [-0.05, 0) is 36.8 Å². The van der Waals surface area contributed by atoms with E-state index in [1.807, 2.05) is 6.07 Å². The predicted octanol–water partition coefficient (Wildman–Crippen LogP) is 4.16. The molecule has 0 fully saturated rings. The molecule has 2 aromatic rings. The fourth-order valence-electron chi connectivity index (χ4n) is 2.07. The molecule has 0 unspecified atom stereocenters. The van der Waals surface area contributed by atoms with E-state index >= 15 is 0 Å². The third-order valence-electron chi connectivity index (χ3n) is 3.30. The van der Waals surface area contributed by atoms with Crippen molar-refractivity contribution >= 4 is 23.2 Å². The summed E-state index contributed by atoms with van der Waals surface area (Å²) in [5.41, 5.74) is 0.910. The summed E-state index contributed by atoms with van der Waals surface area (Å²) in [5, 5.41) is 11.4. The van der Waals surface area contributed by atoms with Crippen LogP contribution in [0.25, 0.3) is 0 Å². The molecule has 0 radical (unpaired) electrons. The van der Waals surface area contributed by atoms with Gasteiger partial charge in [0.25, 0.3) is 0 Å². The van der Waals surface area contributed by atoms with E-state index in [2.05, 4.69) is 5.32 Å². The third kappa shape index (κ3) is 5.37. The third-order valence-corrected chi connectivity index (χ3v) is 3.59. The molecule has 0 aromatic heterocycles. The summed E-state index contributed by atoms with van der Waals surface area (Å²) in [6.07, 6.45) is 0.706. The van der Waals surface area contributed by atoms with Crippen molar-refractivity contribution in [3.8, 4) is 17.6 Å². The van der Waals surface area contributed by atoms with Crippen LogP contribution in [0.4, 0.5) is 10.1 Å². The SMILES string of the molecule is COc1cc(C#N)ccc1OCCCC(=O)Nc1ccc(F)c(Cl)c1. The number of anilines is 1. The van der Waals surface area contributed by atoms with Crippen LogP contribution in [0, 0.1) is 17.1 Å². The summed E-state index contributed by atoms with van der Waals surface area (Å²) in [5.74, 6) is 0.208. The number of benzene rings is 2. The molecule has 0 spiro atoms. The number of methoxy groups -OCH3 is 1. The van der Waals surface area contributed by atoms with Gasteiger partial charge in [0.05, 0.1) is 30.4 Å². The first-order valence-corrected chi connectivity index (χ1v) is 7.87. The Labute approximate surface area is 149 Å². The van der Waals surface area contributed by atoms with Crippen molar-refractivity contribution in [2.75, 3.05) is 19.0 Å². The minimum atomic E-state index is -0.538. The number of ether oxygens (including phenoxy) is 2. The lowest BCUT2D eigenvalue weighted by molar-refractivity contribution is -0.116. The van der Waals surface area contributed by atoms with Crippen LogP contribution in [-0.4, -0.2) is 19.6 Å². The van der Waals surface area contributed by atoms with Crippen LogP contribution in [0.15, 0.2) is 36.4 Å². The Balaban J connectivity index is 1.80. The number of halogens is 2. The van der Waals surface area contributed by atoms with Gasteiger partial charge >= 0.3 is 0 Å². The zero-order valence-electron chi connectivity index (χ0n) is 13.5. The minimum Gasteiger partial charge on any atom is -0.493 e. The van der Waals surface area contributed by atoms with Crippen molar-refractivity contribution in [1.82, 2.24) is 0 Å². The van der Waals surface area contributed by atoms with E-state index in [-0.39, 0.29) is 17.4 Å². The smallest absolute Gasteiger partial charge is 0.224 e. The number of amides is 1. The summed E-state index contributed by atoms with van der Waals surface area (Å²) in [6, 6.07) is 10.9. The van der Waals surface area contributed by atoms with Crippen LogP contribution in [0.5, 0.6) is 11.5 Å². The van der Waals surface area contributed by atoms with Crippen LogP contribution in [-0.2, 0) is 4.79 Å². The zero-order chi connectivity index (χ0) is 18.2. The van der Waals surface area contributed by atoms with Gasteiger partial charge < -0.3 is 14.8 Å². The van der Waals surface area contributed by atoms with Gasteiger partial charge in [-0.15, -0.1) is 0 Å². The lowest BCUT2D eigenvalue weighted by Gasteiger charge is -2.11.